The number of hydrogen-bond donors (Lipinski definition) is 1. The molecule has 0 unspecified atom stereocenters. The lowest BCUT2D eigenvalue weighted by Crippen LogP contribution is -2.49. The van der Waals surface area contributed by atoms with E-state index in [0.717, 1.165) is 24.7 Å². The van der Waals surface area contributed by atoms with E-state index in [4.69, 9.17) is 0 Å². The van der Waals surface area contributed by atoms with Gasteiger partial charge in [-0.05, 0) is 111 Å². The molecule has 0 amide bonds. The molecule has 0 spiro atoms. The van der Waals surface area contributed by atoms with Gasteiger partial charge in [0.2, 0.25) is 0 Å². The fourth-order valence-electron chi connectivity index (χ4n) is 8.55. The minimum absolute atomic E-state index is 0.0475. The van der Waals surface area contributed by atoms with Gasteiger partial charge in [-0.15, -0.1) is 0 Å². The Morgan fingerprint density at radius 3 is 2.43 bits per heavy atom. The van der Waals surface area contributed by atoms with Gasteiger partial charge < -0.3 is 5.11 Å². The second-order valence-electron chi connectivity index (χ2n) is 12.7. The van der Waals surface area contributed by atoms with Crippen LogP contribution in [0.15, 0.2) is 22.8 Å². The molecular weight excluding hydrogens is 364 g/mol. The van der Waals surface area contributed by atoms with E-state index >= 15 is 0 Å². The predicted octanol–water partition coefficient (Wildman–Crippen LogP) is 8.09. The Morgan fingerprint density at radius 2 is 1.73 bits per heavy atom. The molecule has 0 aromatic rings. The van der Waals surface area contributed by atoms with Crippen molar-refractivity contribution in [2.75, 3.05) is 0 Å². The molecule has 0 aromatic heterocycles. The first-order valence-electron chi connectivity index (χ1n) is 13.1. The normalized spacial score (nSPS) is 45.2. The van der Waals surface area contributed by atoms with E-state index in [1.54, 1.807) is 5.57 Å². The monoisotopic (exact) mass is 412 g/mol. The second kappa shape index (κ2) is 7.79. The molecule has 1 heteroatoms. The highest BCUT2D eigenvalue weighted by Crippen LogP contribution is 2.71. The number of rotatable bonds is 4. The van der Waals surface area contributed by atoms with Gasteiger partial charge in [-0.1, -0.05) is 64.3 Å². The van der Waals surface area contributed by atoms with Crippen LogP contribution in [-0.2, 0) is 0 Å². The van der Waals surface area contributed by atoms with Crippen LogP contribution in [-0.4, -0.2) is 11.2 Å². The zero-order valence-corrected chi connectivity index (χ0v) is 21.0. The van der Waals surface area contributed by atoms with Crippen LogP contribution in [0.4, 0.5) is 0 Å². The average Bonchev–Trinajstić information content (AvgIpc) is 2.97. The minimum Gasteiger partial charge on any atom is -0.393 e. The largest absolute Gasteiger partial charge is 0.393 e. The summed E-state index contributed by atoms with van der Waals surface area (Å²) in [6.07, 6.45) is 15.2. The third kappa shape index (κ3) is 3.28. The summed E-state index contributed by atoms with van der Waals surface area (Å²) < 4.78 is 0. The summed E-state index contributed by atoms with van der Waals surface area (Å²) in [5.74, 6) is 3.03. The van der Waals surface area contributed by atoms with Gasteiger partial charge in [0.25, 0.3) is 0 Å². The lowest BCUT2D eigenvalue weighted by Gasteiger charge is -2.59. The van der Waals surface area contributed by atoms with Crippen LogP contribution in [0.5, 0.6) is 0 Å². The van der Waals surface area contributed by atoms with Crippen LogP contribution in [0.1, 0.15) is 113 Å². The molecule has 2 saturated carbocycles. The highest BCUT2D eigenvalue weighted by molar-refractivity contribution is 5.38. The Morgan fingerprint density at radius 1 is 1.00 bits per heavy atom. The van der Waals surface area contributed by atoms with Crippen molar-refractivity contribution in [3.8, 4) is 0 Å². The summed E-state index contributed by atoms with van der Waals surface area (Å²) in [6.45, 7) is 17.4. The van der Waals surface area contributed by atoms with Crippen LogP contribution in [0.2, 0.25) is 0 Å². The third-order valence-corrected chi connectivity index (χ3v) is 11.3. The van der Waals surface area contributed by atoms with Crippen molar-refractivity contribution in [2.24, 2.45) is 39.9 Å². The molecular formula is C29H48O. The van der Waals surface area contributed by atoms with Crippen molar-refractivity contribution < 1.29 is 5.11 Å². The van der Waals surface area contributed by atoms with Crippen molar-refractivity contribution in [3.05, 3.63) is 22.8 Å². The SMILES string of the molecule is C/C(=C\C[C@@H](C)[C@H]1CC[C@@]2(C)C3=C(CC[C@]12C)[C@@]1(C)CC[C@H](O)C[C@@H]1CC3)C(C)C. The van der Waals surface area contributed by atoms with Gasteiger partial charge in [-0.25, -0.2) is 0 Å². The van der Waals surface area contributed by atoms with Gasteiger partial charge >= 0.3 is 0 Å². The topological polar surface area (TPSA) is 20.2 Å². The first kappa shape index (κ1) is 22.6. The fraction of sp³-hybridized carbons (Fsp3) is 0.862. The van der Waals surface area contributed by atoms with Crippen LogP contribution in [0, 0.1) is 39.9 Å². The molecule has 4 rings (SSSR count). The molecule has 2 fully saturated rings. The van der Waals surface area contributed by atoms with Crippen molar-refractivity contribution in [2.45, 2.75) is 119 Å². The van der Waals surface area contributed by atoms with Crippen molar-refractivity contribution in [1.82, 2.24) is 0 Å². The lowest BCUT2D eigenvalue weighted by molar-refractivity contribution is -0.00415. The van der Waals surface area contributed by atoms with Gasteiger partial charge in [0.15, 0.2) is 0 Å². The lowest BCUT2D eigenvalue weighted by atomic mass is 9.46. The number of aliphatic hydroxyl groups excluding tert-OH is 1. The average molecular weight is 413 g/mol. The second-order valence-corrected chi connectivity index (χ2v) is 12.7. The molecule has 0 aliphatic heterocycles. The Balaban J connectivity index is 1.62. The molecule has 4 aliphatic carbocycles. The number of aliphatic hydroxyl groups is 1. The number of fused-ring (bicyclic) bond motifs is 4. The van der Waals surface area contributed by atoms with Crippen LogP contribution < -0.4 is 0 Å². The van der Waals surface area contributed by atoms with E-state index in [9.17, 15) is 5.11 Å². The Kier molecular flexibility index (Phi) is 5.87. The summed E-state index contributed by atoms with van der Waals surface area (Å²) in [7, 11) is 0. The van der Waals surface area contributed by atoms with E-state index in [1.807, 2.05) is 11.1 Å². The third-order valence-electron chi connectivity index (χ3n) is 11.3. The van der Waals surface area contributed by atoms with Crippen LogP contribution in [0.25, 0.3) is 0 Å². The van der Waals surface area contributed by atoms with E-state index in [1.165, 1.54) is 51.4 Å². The molecule has 0 bridgehead atoms. The van der Waals surface area contributed by atoms with E-state index in [0.29, 0.717) is 28.1 Å². The zero-order valence-electron chi connectivity index (χ0n) is 21.0. The molecule has 30 heavy (non-hydrogen) atoms. The summed E-state index contributed by atoms with van der Waals surface area (Å²) in [5, 5.41) is 10.3. The highest BCUT2D eigenvalue weighted by Gasteiger charge is 2.61. The van der Waals surface area contributed by atoms with Crippen molar-refractivity contribution in [1.29, 1.82) is 0 Å². The molecule has 1 nitrogen and oxygen atoms in total. The number of allylic oxidation sites excluding steroid dienone is 4. The van der Waals surface area contributed by atoms with Crippen molar-refractivity contribution >= 4 is 0 Å². The fourth-order valence-corrected chi connectivity index (χ4v) is 8.55. The Hall–Kier alpha value is -0.560. The standard InChI is InChI=1S/C29H48O/c1-19(2)20(3)8-9-21(4)24-13-16-29(7)26-11-10-22-18-23(30)12-15-27(22,5)25(26)14-17-28(24,29)6/h8,19,21-24,30H,9-18H2,1-7H3/b20-8+/t21-,22+,23+,24-,27+,28-,29+/m1/s1. The molecule has 0 aromatic carbocycles. The maximum atomic E-state index is 10.3. The maximum Gasteiger partial charge on any atom is 0.0543 e. The van der Waals surface area contributed by atoms with Gasteiger partial charge in [0, 0.05) is 0 Å². The van der Waals surface area contributed by atoms with Crippen LogP contribution in [0.3, 0.4) is 0 Å². The predicted molar refractivity (Wildman–Crippen MR) is 128 cm³/mol. The number of hydrogen-bond acceptors (Lipinski definition) is 1. The first-order valence-corrected chi connectivity index (χ1v) is 13.1. The van der Waals surface area contributed by atoms with E-state index < -0.39 is 0 Å². The maximum absolute atomic E-state index is 10.3. The molecule has 7 atom stereocenters. The van der Waals surface area contributed by atoms with Gasteiger partial charge in [-0.2, -0.15) is 0 Å². The molecule has 0 radical (unpaired) electrons. The minimum atomic E-state index is -0.0475. The smallest absolute Gasteiger partial charge is 0.0543 e. The Bertz CT molecular complexity index is 729. The van der Waals surface area contributed by atoms with Crippen molar-refractivity contribution in [3.63, 3.8) is 0 Å². The van der Waals surface area contributed by atoms with E-state index in [-0.39, 0.29) is 6.10 Å². The molecule has 0 heterocycles. The summed E-state index contributed by atoms with van der Waals surface area (Å²) >= 11 is 0. The Labute approximate surface area is 186 Å². The van der Waals surface area contributed by atoms with Gasteiger partial charge in [0.05, 0.1) is 6.10 Å². The summed E-state index contributed by atoms with van der Waals surface area (Å²) in [4.78, 5) is 0. The van der Waals surface area contributed by atoms with Gasteiger partial charge in [-0.3, -0.25) is 0 Å². The quantitative estimate of drug-likeness (QED) is 0.462. The molecule has 1 N–H and O–H groups in total. The summed E-state index contributed by atoms with van der Waals surface area (Å²) in [5.41, 5.74) is 6.54. The first-order chi connectivity index (χ1) is 14.0. The molecule has 170 valence electrons. The summed E-state index contributed by atoms with van der Waals surface area (Å²) in [6, 6.07) is 0. The molecule has 0 saturated heterocycles. The highest BCUT2D eigenvalue weighted by atomic mass is 16.3. The zero-order chi connectivity index (χ0) is 21.9. The van der Waals surface area contributed by atoms with E-state index in [2.05, 4.69) is 54.5 Å². The molecule has 4 aliphatic rings. The van der Waals surface area contributed by atoms with Gasteiger partial charge in [0.1, 0.15) is 0 Å². The van der Waals surface area contributed by atoms with Crippen LogP contribution >= 0.6 is 0 Å².